The van der Waals surface area contributed by atoms with Gasteiger partial charge in [0, 0.05) is 31.2 Å². The average Bonchev–Trinajstić information content (AvgIpc) is 3.17. The minimum atomic E-state index is 0.227. The zero-order valence-electron chi connectivity index (χ0n) is 19.2. The molecule has 0 aromatic heterocycles. The number of piperidine rings is 2. The monoisotopic (exact) mass is 433 g/mol. The fourth-order valence-corrected chi connectivity index (χ4v) is 5.55. The number of nitrogens with zero attached hydrogens (tertiary/aromatic N) is 2. The van der Waals surface area contributed by atoms with Gasteiger partial charge in [0.05, 0.1) is 6.61 Å². The van der Waals surface area contributed by atoms with Gasteiger partial charge in [-0.25, -0.2) is 0 Å². The Balaban J connectivity index is 1.17. The maximum absolute atomic E-state index is 12.9. The van der Waals surface area contributed by atoms with Gasteiger partial charge in [0.15, 0.2) is 0 Å². The van der Waals surface area contributed by atoms with Crippen molar-refractivity contribution in [2.45, 2.75) is 57.7 Å². The van der Waals surface area contributed by atoms with Crippen molar-refractivity contribution in [1.82, 2.24) is 15.1 Å². The van der Waals surface area contributed by atoms with E-state index in [-0.39, 0.29) is 5.91 Å². The van der Waals surface area contributed by atoms with Crippen molar-refractivity contribution in [3.8, 4) is 5.75 Å². The van der Waals surface area contributed by atoms with Crippen LogP contribution in [-0.4, -0.2) is 54.5 Å². The lowest BCUT2D eigenvalue weighted by molar-refractivity contribution is 0.0674. The van der Waals surface area contributed by atoms with E-state index in [9.17, 15) is 4.79 Å². The highest BCUT2D eigenvalue weighted by Crippen LogP contribution is 2.33. The lowest BCUT2D eigenvalue weighted by Crippen LogP contribution is -2.46. The molecule has 0 aliphatic carbocycles. The van der Waals surface area contributed by atoms with Crippen LogP contribution in [0.3, 0.4) is 0 Å². The number of rotatable bonds is 6. The van der Waals surface area contributed by atoms with Gasteiger partial charge in [0.1, 0.15) is 5.75 Å². The normalized spacial score (nSPS) is 22.2. The van der Waals surface area contributed by atoms with E-state index in [1.165, 1.54) is 29.5 Å². The van der Waals surface area contributed by atoms with Crippen molar-refractivity contribution >= 4 is 5.91 Å². The topological polar surface area (TPSA) is 44.8 Å². The summed E-state index contributed by atoms with van der Waals surface area (Å²) < 4.78 is 5.55. The van der Waals surface area contributed by atoms with Gasteiger partial charge in [0.2, 0.25) is 0 Å². The van der Waals surface area contributed by atoms with Gasteiger partial charge in [0.25, 0.3) is 5.91 Å². The molecule has 2 fully saturated rings. The van der Waals surface area contributed by atoms with Crippen LogP contribution < -0.4 is 10.1 Å². The first-order chi connectivity index (χ1) is 15.7. The quantitative estimate of drug-likeness (QED) is 0.743. The smallest absolute Gasteiger partial charge is 0.254 e. The molecule has 0 bridgehead atoms. The molecule has 1 atom stereocenters. The predicted molar refractivity (Wildman–Crippen MR) is 127 cm³/mol. The van der Waals surface area contributed by atoms with Crippen LogP contribution in [0.1, 0.15) is 65.6 Å². The first-order valence-electron chi connectivity index (χ1n) is 12.3. The molecule has 2 saturated heterocycles. The van der Waals surface area contributed by atoms with Crippen LogP contribution >= 0.6 is 0 Å². The summed E-state index contributed by atoms with van der Waals surface area (Å²) in [5.74, 6) is 1.77. The molecule has 0 radical (unpaired) electrons. The molecule has 1 unspecified atom stereocenters. The van der Waals surface area contributed by atoms with E-state index in [0.717, 1.165) is 63.4 Å². The van der Waals surface area contributed by atoms with Crippen LogP contribution in [-0.2, 0) is 13.1 Å². The van der Waals surface area contributed by atoms with E-state index in [4.69, 9.17) is 4.74 Å². The van der Waals surface area contributed by atoms with Crippen molar-refractivity contribution in [3.63, 3.8) is 0 Å². The molecule has 3 aliphatic heterocycles. The highest BCUT2D eigenvalue weighted by molar-refractivity contribution is 5.98. The number of carbonyl (C=O) groups is 1. The fraction of sp³-hybridized carbons (Fsp3) is 0.519. The molecule has 170 valence electrons. The van der Waals surface area contributed by atoms with Gasteiger partial charge in [-0.15, -0.1) is 0 Å². The molecule has 0 spiro atoms. The number of likely N-dealkylation sites (tertiary alicyclic amines) is 1. The van der Waals surface area contributed by atoms with Crippen LogP contribution in [0.2, 0.25) is 0 Å². The largest absolute Gasteiger partial charge is 0.494 e. The Bertz CT molecular complexity index is 928. The minimum absolute atomic E-state index is 0.227. The lowest BCUT2D eigenvalue weighted by atomic mass is 9.87. The molecular weight excluding hydrogens is 398 g/mol. The van der Waals surface area contributed by atoms with Gasteiger partial charge in [-0.1, -0.05) is 24.3 Å². The summed E-state index contributed by atoms with van der Waals surface area (Å²) in [6, 6.07) is 15.5. The maximum Gasteiger partial charge on any atom is 0.254 e. The van der Waals surface area contributed by atoms with Crippen LogP contribution in [0.5, 0.6) is 5.75 Å². The first kappa shape index (κ1) is 21.5. The van der Waals surface area contributed by atoms with E-state index in [1.807, 2.05) is 6.92 Å². The van der Waals surface area contributed by atoms with E-state index >= 15 is 0 Å². The highest BCUT2D eigenvalue weighted by atomic mass is 16.5. The molecule has 2 aromatic rings. The molecule has 32 heavy (non-hydrogen) atoms. The lowest BCUT2D eigenvalue weighted by Gasteiger charge is -2.32. The summed E-state index contributed by atoms with van der Waals surface area (Å²) in [6.07, 6.45) is 4.64. The van der Waals surface area contributed by atoms with Crippen molar-refractivity contribution in [2.75, 3.05) is 32.8 Å². The number of carbonyl (C=O) groups excluding carboxylic acids is 1. The summed E-state index contributed by atoms with van der Waals surface area (Å²) in [5, 5.41) is 3.45. The van der Waals surface area contributed by atoms with Gasteiger partial charge >= 0.3 is 0 Å². The number of fused-ring (bicyclic) bond motifs is 1. The predicted octanol–water partition coefficient (Wildman–Crippen LogP) is 4.17. The van der Waals surface area contributed by atoms with Gasteiger partial charge in [-0.3, -0.25) is 9.69 Å². The summed E-state index contributed by atoms with van der Waals surface area (Å²) >= 11 is 0. The molecule has 0 saturated carbocycles. The number of nitrogens with one attached hydrogen (secondary N) is 1. The zero-order valence-corrected chi connectivity index (χ0v) is 19.2. The molecule has 3 heterocycles. The molecule has 1 amide bonds. The number of amides is 1. The van der Waals surface area contributed by atoms with Crippen molar-refractivity contribution < 1.29 is 9.53 Å². The van der Waals surface area contributed by atoms with E-state index in [0.29, 0.717) is 18.6 Å². The van der Waals surface area contributed by atoms with E-state index < -0.39 is 0 Å². The molecule has 2 aromatic carbocycles. The Kier molecular flexibility index (Phi) is 6.47. The Hall–Kier alpha value is -2.37. The second-order valence-electron chi connectivity index (χ2n) is 9.48. The summed E-state index contributed by atoms with van der Waals surface area (Å²) in [5.41, 5.74) is 4.92. The second-order valence-corrected chi connectivity index (χ2v) is 9.48. The molecule has 3 aliphatic rings. The summed E-state index contributed by atoms with van der Waals surface area (Å²) in [6.45, 7) is 8.75. The Morgan fingerprint density at radius 2 is 1.88 bits per heavy atom. The number of ether oxygens (including phenoxy) is 1. The standard InChI is InChI=1S/C27H35N3O2/c1-2-32-25-8-5-20(6-9-25)18-29-14-11-21(12-15-29)22-7-10-26-23(16-22)19-30(27(26)31)24-4-3-13-28-17-24/h5-10,16,21,24,28H,2-4,11-15,17-19H2,1H3. The number of hydrogen-bond acceptors (Lipinski definition) is 4. The third-order valence-electron chi connectivity index (χ3n) is 7.37. The number of hydrogen-bond donors (Lipinski definition) is 1. The Morgan fingerprint density at radius 3 is 2.59 bits per heavy atom. The molecular formula is C27H35N3O2. The van der Waals surface area contributed by atoms with Gasteiger partial charge in [-0.2, -0.15) is 0 Å². The van der Waals surface area contributed by atoms with Crippen LogP contribution in [0.15, 0.2) is 42.5 Å². The van der Waals surface area contributed by atoms with E-state index in [2.05, 4.69) is 57.6 Å². The third kappa shape index (κ3) is 4.55. The van der Waals surface area contributed by atoms with Crippen LogP contribution in [0.25, 0.3) is 0 Å². The van der Waals surface area contributed by atoms with Crippen molar-refractivity contribution in [3.05, 3.63) is 64.7 Å². The average molecular weight is 434 g/mol. The van der Waals surface area contributed by atoms with Gasteiger partial charge < -0.3 is 15.0 Å². The zero-order chi connectivity index (χ0) is 21.9. The maximum atomic E-state index is 12.9. The van der Waals surface area contributed by atoms with Crippen molar-refractivity contribution in [1.29, 1.82) is 0 Å². The molecule has 5 heteroatoms. The second kappa shape index (κ2) is 9.63. The highest BCUT2D eigenvalue weighted by Gasteiger charge is 2.34. The van der Waals surface area contributed by atoms with E-state index in [1.54, 1.807) is 0 Å². The fourth-order valence-electron chi connectivity index (χ4n) is 5.55. The molecule has 5 nitrogen and oxygen atoms in total. The summed E-state index contributed by atoms with van der Waals surface area (Å²) in [4.78, 5) is 17.6. The third-order valence-corrected chi connectivity index (χ3v) is 7.37. The van der Waals surface area contributed by atoms with Crippen molar-refractivity contribution in [2.24, 2.45) is 0 Å². The summed E-state index contributed by atoms with van der Waals surface area (Å²) in [7, 11) is 0. The van der Waals surface area contributed by atoms with Crippen LogP contribution in [0.4, 0.5) is 0 Å². The molecule has 5 rings (SSSR count). The van der Waals surface area contributed by atoms with Crippen LogP contribution in [0, 0.1) is 0 Å². The van der Waals surface area contributed by atoms with Gasteiger partial charge in [-0.05, 0) is 93.0 Å². The number of benzene rings is 2. The Morgan fingerprint density at radius 1 is 1.06 bits per heavy atom. The first-order valence-corrected chi connectivity index (χ1v) is 12.3. The Labute approximate surface area is 191 Å². The SMILES string of the molecule is CCOc1ccc(CN2CCC(c3ccc4c(c3)CN(C3CCCNC3)C4=O)CC2)cc1. The molecule has 1 N–H and O–H groups in total. The minimum Gasteiger partial charge on any atom is -0.494 e.